The molecule has 84 valence electrons. The fourth-order valence-corrected chi connectivity index (χ4v) is 0.958. The van der Waals surface area contributed by atoms with E-state index in [0.717, 1.165) is 0 Å². The summed E-state index contributed by atoms with van der Waals surface area (Å²) in [5.74, 6) is -0.0167. The lowest BCUT2D eigenvalue weighted by atomic mass is 10.1. The van der Waals surface area contributed by atoms with Crippen molar-refractivity contribution in [2.24, 2.45) is 11.7 Å². The van der Waals surface area contributed by atoms with E-state index < -0.39 is 0 Å². The molecular formula is C10H21NO3. The van der Waals surface area contributed by atoms with Crippen molar-refractivity contribution in [3.63, 3.8) is 0 Å². The summed E-state index contributed by atoms with van der Waals surface area (Å²) in [6, 6.07) is 0. The molecule has 2 atom stereocenters. The highest BCUT2D eigenvalue weighted by atomic mass is 16.6. The van der Waals surface area contributed by atoms with Crippen molar-refractivity contribution < 1.29 is 14.3 Å². The van der Waals surface area contributed by atoms with E-state index in [-0.39, 0.29) is 18.0 Å². The van der Waals surface area contributed by atoms with Crippen molar-refractivity contribution in [2.45, 2.75) is 33.3 Å². The minimum Gasteiger partial charge on any atom is -0.460 e. The van der Waals surface area contributed by atoms with Gasteiger partial charge in [0.05, 0.1) is 6.61 Å². The van der Waals surface area contributed by atoms with E-state index in [1.54, 1.807) is 0 Å². The van der Waals surface area contributed by atoms with Crippen LogP contribution in [-0.2, 0) is 14.3 Å². The third-order valence-corrected chi connectivity index (χ3v) is 1.81. The molecule has 0 spiro atoms. The van der Waals surface area contributed by atoms with Gasteiger partial charge in [-0.3, -0.25) is 4.79 Å². The van der Waals surface area contributed by atoms with Gasteiger partial charge in [0.15, 0.2) is 0 Å². The fourth-order valence-electron chi connectivity index (χ4n) is 0.958. The Labute approximate surface area is 85.8 Å². The zero-order valence-electron chi connectivity index (χ0n) is 9.29. The number of hydrogen-bond donors (Lipinski definition) is 1. The summed E-state index contributed by atoms with van der Waals surface area (Å²) < 4.78 is 10.2. The highest BCUT2D eigenvalue weighted by Crippen LogP contribution is 2.03. The molecule has 0 radical (unpaired) electrons. The Kier molecular flexibility index (Phi) is 7.42. The van der Waals surface area contributed by atoms with E-state index in [1.807, 2.05) is 20.8 Å². The number of rotatable bonds is 7. The average Bonchev–Trinajstić information content (AvgIpc) is 2.14. The normalized spacial score (nSPS) is 14.9. The predicted molar refractivity (Wildman–Crippen MR) is 54.9 cm³/mol. The fraction of sp³-hybridized carbons (Fsp3) is 0.900. The molecule has 0 rings (SSSR count). The molecule has 0 aliphatic rings. The summed E-state index contributed by atoms with van der Waals surface area (Å²) in [5, 5.41) is 0. The number of carbonyl (C=O) groups is 1. The molecule has 0 saturated heterocycles. The van der Waals surface area contributed by atoms with Crippen LogP contribution in [0.15, 0.2) is 0 Å². The summed E-state index contributed by atoms with van der Waals surface area (Å²) in [6.07, 6.45) is 0.208. The van der Waals surface area contributed by atoms with Crippen molar-refractivity contribution in [1.82, 2.24) is 0 Å². The van der Waals surface area contributed by atoms with Crippen LogP contribution in [0.5, 0.6) is 0 Å². The van der Waals surface area contributed by atoms with Gasteiger partial charge in [0.25, 0.3) is 0 Å². The summed E-state index contributed by atoms with van der Waals surface area (Å²) in [7, 11) is 0. The summed E-state index contributed by atoms with van der Waals surface area (Å²) in [5.41, 5.74) is 5.40. The van der Waals surface area contributed by atoms with Crippen LogP contribution in [0.2, 0.25) is 0 Å². The van der Waals surface area contributed by atoms with E-state index in [2.05, 4.69) is 0 Å². The molecule has 0 saturated carbocycles. The Balaban J connectivity index is 3.60. The molecular weight excluding hydrogens is 182 g/mol. The maximum atomic E-state index is 11.3. The Bertz CT molecular complexity index is 161. The zero-order chi connectivity index (χ0) is 11.0. The van der Waals surface area contributed by atoms with Crippen LogP contribution < -0.4 is 5.73 Å². The first-order chi connectivity index (χ1) is 6.60. The summed E-state index contributed by atoms with van der Waals surface area (Å²) in [6.45, 7) is 7.26. The highest BCUT2D eigenvalue weighted by molar-refractivity contribution is 5.69. The number of ether oxygens (including phenoxy) is 2. The van der Waals surface area contributed by atoms with E-state index in [1.165, 1.54) is 0 Å². The van der Waals surface area contributed by atoms with Crippen LogP contribution in [0.25, 0.3) is 0 Å². The molecule has 4 heteroatoms. The second-order valence-electron chi connectivity index (χ2n) is 3.50. The van der Waals surface area contributed by atoms with Crippen LogP contribution >= 0.6 is 0 Å². The number of nitrogens with two attached hydrogens (primary N) is 1. The highest BCUT2D eigenvalue weighted by Gasteiger charge is 2.12. The lowest BCUT2D eigenvalue weighted by Gasteiger charge is -2.14. The lowest BCUT2D eigenvalue weighted by molar-refractivity contribution is -0.151. The van der Waals surface area contributed by atoms with E-state index in [0.29, 0.717) is 26.2 Å². The van der Waals surface area contributed by atoms with Crippen LogP contribution in [0.1, 0.15) is 27.2 Å². The number of carbonyl (C=O) groups excluding carboxylic acids is 1. The quantitative estimate of drug-likeness (QED) is 0.625. The molecule has 0 amide bonds. The first kappa shape index (κ1) is 13.4. The van der Waals surface area contributed by atoms with E-state index in [9.17, 15) is 4.79 Å². The van der Waals surface area contributed by atoms with Gasteiger partial charge in [-0.05, 0) is 26.3 Å². The van der Waals surface area contributed by atoms with Crippen LogP contribution in [0.4, 0.5) is 0 Å². The van der Waals surface area contributed by atoms with Gasteiger partial charge in [0, 0.05) is 13.0 Å². The Hall–Kier alpha value is -0.610. The van der Waals surface area contributed by atoms with E-state index in [4.69, 9.17) is 15.2 Å². The van der Waals surface area contributed by atoms with Crippen LogP contribution in [0, 0.1) is 5.92 Å². The van der Waals surface area contributed by atoms with Gasteiger partial charge in [-0.15, -0.1) is 0 Å². The molecule has 0 aromatic carbocycles. The summed E-state index contributed by atoms with van der Waals surface area (Å²) >= 11 is 0. The molecule has 0 aliphatic carbocycles. The van der Waals surface area contributed by atoms with Gasteiger partial charge in [0.1, 0.15) is 6.10 Å². The maximum absolute atomic E-state index is 11.3. The van der Waals surface area contributed by atoms with Gasteiger partial charge in [-0.1, -0.05) is 6.92 Å². The molecule has 0 aromatic rings. The number of esters is 1. The molecule has 2 N–H and O–H groups in total. The zero-order valence-corrected chi connectivity index (χ0v) is 9.29. The maximum Gasteiger partial charge on any atom is 0.306 e. The average molecular weight is 203 g/mol. The lowest BCUT2D eigenvalue weighted by Crippen LogP contribution is -2.23. The van der Waals surface area contributed by atoms with Crippen molar-refractivity contribution in [3.05, 3.63) is 0 Å². The molecule has 0 heterocycles. The first-order valence-corrected chi connectivity index (χ1v) is 5.07. The van der Waals surface area contributed by atoms with Crippen molar-refractivity contribution in [1.29, 1.82) is 0 Å². The number of hydrogen-bond acceptors (Lipinski definition) is 4. The minimum atomic E-state index is -0.199. The van der Waals surface area contributed by atoms with Crippen LogP contribution in [-0.4, -0.2) is 31.8 Å². The van der Waals surface area contributed by atoms with Crippen LogP contribution in [0.3, 0.4) is 0 Å². The second-order valence-corrected chi connectivity index (χ2v) is 3.50. The van der Waals surface area contributed by atoms with Crippen molar-refractivity contribution >= 4 is 5.97 Å². The van der Waals surface area contributed by atoms with Crippen molar-refractivity contribution in [2.75, 3.05) is 19.8 Å². The third kappa shape index (κ3) is 6.86. The smallest absolute Gasteiger partial charge is 0.306 e. The molecule has 0 aliphatic heterocycles. The molecule has 2 unspecified atom stereocenters. The first-order valence-electron chi connectivity index (χ1n) is 5.07. The van der Waals surface area contributed by atoms with Crippen molar-refractivity contribution in [3.8, 4) is 0 Å². The van der Waals surface area contributed by atoms with Gasteiger partial charge in [-0.25, -0.2) is 0 Å². The standard InChI is InChI=1S/C10H21NO3/c1-4-13-7-9(3)14-10(12)5-8(2)6-11/h8-9H,4-7,11H2,1-3H3. The predicted octanol–water partition coefficient (Wildman–Crippen LogP) is 0.940. The SMILES string of the molecule is CCOCC(C)OC(=O)CC(C)CN. The second kappa shape index (κ2) is 7.76. The Morgan fingerprint density at radius 3 is 2.57 bits per heavy atom. The largest absolute Gasteiger partial charge is 0.460 e. The molecule has 0 aromatic heterocycles. The monoisotopic (exact) mass is 203 g/mol. The molecule has 0 bridgehead atoms. The van der Waals surface area contributed by atoms with Gasteiger partial charge < -0.3 is 15.2 Å². The topological polar surface area (TPSA) is 61.5 Å². The van der Waals surface area contributed by atoms with Gasteiger partial charge in [0.2, 0.25) is 0 Å². The molecule has 14 heavy (non-hydrogen) atoms. The Morgan fingerprint density at radius 2 is 2.07 bits per heavy atom. The third-order valence-electron chi connectivity index (χ3n) is 1.81. The molecule has 0 fully saturated rings. The Morgan fingerprint density at radius 1 is 1.43 bits per heavy atom. The molecule has 4 nitrogen and oxygen atoms in total. The minimum absolute atomic E-state index is 0.174. The van der Waals surface area contributed by atoms with Gasteiger partial charge in [-0.2, -0.15) is 0 Å². The van der Waals surface area contributed by atoms with E-state index >= 15 is 0 Å². The summed E-state index contributed by atoms with van der Waals surface area (Å²) in [4.78, 5) is 11.3. The van der Waals surface area contributed by atoms with Gasteiger partial charge >= 0.3 is 5.97 Å².